The van der Waals surface area contributed by atoms with Crippen molar-refractivity contribution in [1.29, 1.82) is 0 Å². The number of halogens is 4. The quantitative estimate of drug-likeness (QED) is 0.425. The van der Waals surface area contributed by atoms with Gasteiger partial charge >= 0.3 is 12.1 Å². The number of benzene rings is 3. The lowest BCUT2D eigenvalue weighted by atomic mass is 10.1. The summed E-state index contributed by atoms with van der Waals surface area (Å²) in [4.78, 5) is 11.4. The van der Waals surface area contributed by atoms with Crippen LogP contribution in [0.5, 0.6) is 17.2 Å². The molecular weight excluding hydrogens is 433 g/mol. The van der Waals surface area contributed by atoms with Crippen molar-refractivity contribution in [2.75, 3.05) is 6.61 Å². The second-order valence-electron chi connectivity index (χ2n) is 6.33. The van der Waals surface area contributed by atoms with E-state index in [9.17, 15) is 23.1 Å². The average molecular weight is 449 g/mol. The van der Waals surface area contributed by atoms with Crippen molar-refractivity contribution in [3.8, 4) is 17.2 Å². The summed E-state index contributed by atoms with van der Waals surface area (Å²) >= 11 is 6.07. The highest BCUT2D eigenvalue weighted by atomic mass is 35.5. The Bertz CT molecular complexity index is 1090. The number of carbonyl (C=O) groups is 1. The fraction of sp³-hybridized carbons (Fsp3) is 0.0870. The molecule has 0 saturated carbocycles. The zero-order chi connectivity index (χ0) is 22.4. The van der Waals surface area contributed by atoms with Crippen LogP contribution in [0.3, 0.4) is 0 Å². The third-order valence-electron chi connectivity index (χ3n) is 4.12. The van der Waals surface area contributed by atoms with Gasteiger partial charge in [-0.15, -0.1) is 0 Å². The molecule has 0 spiro atoms. The van der Waals surface area contributed by atoms with E-state index in [2.05, 4.69) is 0 Å². The first kappa shape index (κ1) is 22.2. The zero-order valence-electron chi connectivity index (χ0n) is 15.9. The second kappa shape index (κ2) is 9.57. The number of hydrogen-bond donors (Lipinski definition) is 1. The molecule has 160 valence electrons. The Morgan fingerprint density at radius 2 is 1.68 bits per heavy atom. The largest absolute Gasteiger partial charge is 0.489 e. The lowest BCUT2D eigenvalue weighted by Gasteiger charge is -2.11. The van der Waals surface area contributed by atoms with Crippen LogP contribution in [0.2, 0.25) is 5.02 Å². The molecule has 0 unspecified atom stereocenters. The molecule has 0 bridgehead atoms. The van der Waals surface area contributed by atoms with E-state index in [4.69, 9.17) is 21.1 Å². The number of para-hydroxylation sites is 1. The van der Waals surface area contributed by atoms with Crippen molar-refractivity contribution < 1.29 is 32.5 Å². The first-order valence-corrected chi connectivity index (χ1v) is 9.38. The molecule has 0 radical (unpaired) electrons. The van der Waals surface area contributed by atoms with Crippen molar-refractivity contribution in [3.63, 3.8) is 0 Å². The summed E-state index contributed by atoms with van der Waals surface area (Å²) in [6, 6.07) is 15.7. The van der Waals surface area contributed by atoms with Gasteiger partial charge in [-0.1, -0.05) is 41.9 Å². The summed E-state index contributed by atoms with van der Waals surface area (Å²) in [6.07, 6.45) is -1.07. The number of hydrogen-bond acceptors (Lipinski definition) is 3. The Balaban J connectivity index is 1.63. The van der Waals surface area contributed by atoms with E-state index in [-0.39, 0.29) is 22.9 Å². The fourth-order valence-electron chi connectivity index (χ4n) is 2.64. The standard InChI is InChI=1S/C23H16ClF3O4/c24-20-8-2-7-19(22(28)29)21(20)31-18-6-1-5-17(14-18)30-13-3-4-15-9-11-16(12-10-15)23(25,26)27/h1-12,14H,13H2,(H,28,29)/b4-3+. The van der Waals surface area contributed by atoms with Crippen LogP contribution in [0.4, 0.5) is 13.2 Å². The number of carboxylic acid groups (broad SMARTS) is 1. The van der Waals surface area contributed by atoms with Gasteiger partial charge in [0, 0.05) is 6.07 Å². The normalized spacial score (nSPS) is 11.5. The van der Waals surface area contributed by atoms with Gasteiger partial charge < -0.3 is 14.6 Å². The molecule has 0 heterocycles. The molecule has 4 nitrogen and oxygen atoms in total. The third kappa shape index (κ3) is 6.02. The summed E-state index contributed by atoms with van der Waals surface area (Å²) in [5.41, 5.74) is -0.172. The Labute approximate surface area is 181 Å². The van der Waals surface area contributed by atoms with Gasteiger partial charge in [0.2, 0.25) is 0 Å². The minimum Gasteiger partial charge on any atom is -0.489 e. The van der Waals surface area contributed by atoms with Crippen molar-refractivity contribution in [2.24, 2.45) is 0 Å². The van der Waals surface area contributed by atoms with Gasteiger partial charge in [0.15, 0.2) is 5.75 Å². The van der Waals surface area contributed by atoms with Crippen LogP contribution in [0, 0.1) is 0 Å². The first-order valence-electron chi connectivity index (χ1n) is 9.00. The zero-order valence-corrected chi connectivity index (χ0v) is 16.7. The topological polar surface area (TPSA) is 55.8 Å². The van der Waals surface area contributed by atoms with Crippen LogP contribution < -0.4 is 9.47 Å². The van der Waals surface area contributed by atoms with E-state index in [1.54, 1.807) is 36.4 Å². The molecule has 0 aliphatic heterocycles. The Morgan fingerprint density at radius 3 is 2.35 bits per heavy atom. The predicted octanol–water partition coefficient (Wildman–Crippen LogP) is 6.94. The Hall–Kier alpha value is -3.45. The van der Waals surface area contributed by atoms with E-state index < -0.39 is 17.7 Å². The molecule has 0 aromatic heterocycles. The van der Waals surface area contributed by atoms with E-state index in [1.807, 2.05) is 0 Å². The van der Waals surface area contributed by atoms with Gasteiger partial charge in [-0.3, -0.25) is 0 Å². The van der Waals surface area contributed by atoms with Gasteiger partial charge in [0.05, 0.1) is 10.6 Å². The lowest BCUT2D eigenvalue weighted by Crippen LogP contribution is -2.03. The molecule has 0 aliphatic rings. The number of carboxylic acids is 1. The molecule has 3 aromatic rings. The molecule has 3 rings (SSSR count). The molecule has 0 amide bonds. The molecule has 31 heavy (non-hydrogen) atoms. The van der Waals surface area contributed by atoms with Crippen LogP contribution in [-0.4, -0.2) is 17.7 Å². The summed E-state index contributed by atoms with van der Waals surface area (Å²) in [7, 11) is 0. The van der Waals surface area contributed by atoms with Crippen molar-refractivity contribution in [1.82, 2.24) is 0 Å². The van der Waals surface area contributed by atoms with Crippen LogP contribution >= 0.6 is 11.6 Å². The Kier molecular flexibility index (Phi) is 6.87. The summed E-state index contributed by atoms with van der Waals surface area (Å²) < 4.78 is 49.0. The van der Waals surface area contributed by atoms with Crippen LogP contribution in [-0.2, 0) is 6.18 Å². The summed E-state index contributed by atoms with van der Waals surface area (Å²) in [5, 5.41) is 9.45. The number of alkyl halides is 3. The van der Waals surface area contributed by atoms with Gasteiger partial charge in [0.25, 0.3) is 0 Å². The van der Waals surface area contributed by atoms with Crippen molar-refractivity contribution in [2.45, 2.75) is 6.18 Å². The fourth-order valence-corrected chi connectivity index (χ4v) is 2.85. The van der Waals surface area contributed by atoms with Crippen molar-refractivity contribution in [3.05, 3.63) is 94.5 Å². The van der Waals surface area contributed by atoms with E-state index >= 15 is 0 Å². The number of aromatic carboxylic acids is 1. The minimum atomic E-state index is -4.37. The average Bonchev–Trinajstić information content (AvgIpc) is 2.72. The maximum atomic E-state index is 12.6. The molecule has 3 aromatic carbocycles. The maximum absolute atomic E-state index is 12.6. The maximum Gasteiger partial charge on any atom is 0.416 e. The van der Waals surface area contributed by atoms with E-state index in [0.29, 0.717) is 17.1 Å². The highest BCUT2D eigenvalue weighted by Gasteiger charge is 2.29. The SMILES string of the molecule is O=C(O)c1cccc(Cl)c1Oc1cccc(OC/C=C/c2ccc(C(F)(F)F)cc2)c1. The molecule has 0 aliphatic carbocycles. The van der Waals surface area contributed by atoms with Crippen LogP contribution in [0.25, 0.3) is 6.08 Å². The number of ether oxygens (including phenoxy) is 2. The molecule has 0 fully saturated rings. The molecule has 0 saturated heterocycles. The predicted molar refractivity (Wildman–Crippen MR) is 111 cm³/mol. The smallest absolute Gasteiger partial charge is 0.416 e. The van der Waals surface area contributed by atoms with Gasteiger partial charge in [-0.2, -0.15) is 13.2 Å². The lowest BCUT2D eigenvalue weighted by molar-refractivity contribution is -0.137. The molecule has 0 atom stereocenters. The van der Waals surface area contributed by atoms with Crippen molar-refractivity contribution >= 4 is 23.6 Å². The van der Waals surface area contributed by atoms with Gasteiger partial charge in [-0.25, -0.2) is 4.79 Å². The highest BCUT2D eigenvalue weighted by Crippen LogP contribution is 2.34. The van der Waals surface area contributed by atoms with Crippen LogP contribution in [0.15, 0.2) is 72.8 Å². The van der Waals surface area contributed by atoms with E-state index in [0.717, 1.165) is 12.1 Å². The van der Waals surface area contributed by atoms with Gasteiger partial charge in [0.1, 0.15) is 23.7 Å². The highest BCUT2D eigenvalue weighted by molar-refractivity contribution is 6.32. The monoisotopic (exact) mass is 448 g/mol. The first-order chi connectivity index (χ1) is 14.7. The molecule has 1 N–H and O–H groups in total. The summed E-state index contributed by atoms with van der Waals surface area (Å²) in [5.74, 6) is -0.354. The number of rotatable bonds is 7. The van der Waals surface area contributed by atoms with Gasteiger partial charge in [-0.05, 0) is 48.0 Å². The van der Waals surface area contributed by atoms with Crippen LogP contribution in [0.1, 0.15) is 21.5 Å². The minimum absolute atomic E-state index is 0.0241. The Morgan fingerprint density at radius 1 is 1.00 bits per heavy atom. The summed E-state index contributed by atoms with van der Waals surface area (Å²) in [6.45, 7) is 0.164. The third-order valence-corrected chi connectivity index (χ3v) is 4.41. The molecular formula is C23H16ClF3O4. The molecule has 8 heteroatoms. The van der Waals surface area contributed by atoms with E-state index in [1.165, 1.54) is 30.3 Å². The second-order valence-corrected chi connectivity index (χ2v) is 6.74.